The normalized spacial score (nSPS) is 11.7. The van der Waals surface area contributed by atoms with Crippen molar-refractivity contribution in [1.82, 2.24) is 0 Å². The topological polar surface area (TPSA) is 113 Å². The predicted octanol–water partition coefficient (Wildman–Crippen LogP) is 5.29. The third kappa shape index (κ3) is 7.60. The first-order valence-corrected chi connectivity index (χ1v) is 14.9. The van der Waals surface area contributed by atoms with Gasteiger partial charge in [0.25, 0.3) is 10.0 Å². The van der Waals surface area contributed by atoms with Crippen LogP contribution in [0.15, 0.2) is 71.6 Å². The summed E-state index contributed by atoms with van der Waals surface area (Å²) < 4.78 is 53.4. The highest BCUT2D eigenvalue weighted by molar-refractivity contribution is 7.92. The minimum Gasteiger partial charge on any atom is -0.326 e. The fraction of sp³-hybridized carbons (Fsp3) is 0.208. The Morgan fingerprint density at radius 2 is 1.64 bits per heavy atom. The van der Waals surface area contributed by atoms with E-state index < -0.39 is 20.0 Å². The summed E-state index contributed by atoms with van der Waals surface area (Å²) in [4.78, 5) is 12.4. The van der Waals surface area contributed by atoms with Gasteiger partial charge in [-0.2, -0.15) is 0 Å². The molecule has 0 fully saturated rings. The molecule has 3 aromatic carbocycles. The average molecular weight is 571 g/mol. The van der Waals surface area contributed by atoms with E-state index in [0.717, 1.165) is 11.8 Å². The Balaban J connectivity index is 1.58. The minimum atomic E-state index is -3.91. The van der Waals surface area contributed by atoms with Gasteiger partial charge in [0, 0.05) is 23.7 Å². The Hall–Kier alpha value is -2.79. The number of carbonyl (C=O) groups is 1. The highest BCUT2D eigenvalue weighted by atomic mass is 35.5. The molecule has 0 aliphatic heterocycles. The van der Waals surface area contributed by atoms with Crippen molar-refractivity contribution >= 4 is 66.2 Å². The first kappa shape index (κ1) is 27.8. The summed E-state index contributed by atoms with van der Waals surface area (Å²) in [7, 11) is -7.43. The predicted molar refractivity (Wildman–Crippen MR) is 145 cm³/mol. The molecule has 0 saturated heterocycles. The van der Waals surface area contributed by atoms with Crippen LogP contribution in [-0.4, -0.2) is 35.5 Å². The van der Waals surface area contributed by atoms with Gasteiger partial charge in [-0.25, -0.2) is 16.8 Å². The molecule has 0 heterocycles. The van der Waals surface area contributed by atoms with Crippen molar-refractivity contribution in [1.29, 1.82) is 0 Å². The molecule has 0 aromatic heterocycles. The van der Waals surface area contributed by atoms with Crippen molar-refractivity contribution in [3.63, 3.8) is 0 Å². The van der Waals surface area contributed by atoms with Crippen molar-refractivity contribution in [2.24, 2.45) is 0 Å². The molecular weight excluding hydrogens is 545 g/mol. The van der Waals surface area contributed by atoms with Crippen LogP contribution in [0.4, 0.5) is 17.1 Å². The highest BCUT2D eigenvalue weighted by Gasteiger charge is 2.18. The highest BCUT2D eigenvalue weighted by Crippen LogP contribution is 2.28. The number of amides is 1. The zero-order chi connectivity index (χ0) is 26.5. The van der Waals surface area contributed by atoms with Gasteiger partial charge in [-0.05, 0) is 73.5 Å². The number of sulfonamides is 2. The van der Waals surface area contributed by atoms with E-state index in [2.05, 4.69) is 10.0 Å². The van der Waals surface area contributed by atoms with Gasteiger partial charge in [-0.1, -0.05) is 35.3 Å². The number of halogens is 2. The first-order valence-electron chi connectivity index (χ1n) is 10.8. The summed E-state index contributed by atoms with van der Waals surface area (Å²) in [6.07, 6.45) is 1.50. The second kappa shape index (κ2) is 11.5. The number of nitrogens with zero attached hydrogens (tertiary/aromatic N) is 1. The fourth-order valence-electron chi connectivity index (χ4n) is 3.37. The van der Waals surface area contributed by atoms with Crippen LogP contribution in [0.3, 0.4) is 0 Å². The lowest BCUT2D eigenvalue weighted by molar-refractivity contribution is -0.116. The van der Waals surface area contributed by atoms with E-state index in [1.165, 1.54) is 46.8 Å². The monoisotopic (exact) mass is 569 g/mol. The summed E-state index contributed by atoms with van der Waals surface area (Å²) in [5.41, 5.74) is 2.06. The second-order valence-electron chi connectivity index (χ2n) is 8.08. The summed E-state index contributed by atoms with van der Waals surface area (Å²) in [5, 5.41) is 3.23. The zero-order valence-electron chi connectivity index (χ0n) is 19.5. The number of rotatable bonds is 10. The number of hydrogen-bond donors (Lipinski definition) is 2. The smallest absolute Gasteiger partial charge is 0.261 e. The standard InChI is InChI=1S/C24H25Cl2N3O5S2/c1-17-5-3-6-20(15-17)29(35(2,31)32)14-4-7-24(30)27-19-9-11-21(12-10-19)36(33,34)28-23-13-8-18(25)16-22(23)26/h3,5-6,8-13,15-16,28H,4,7,14H2,1-2H3,(H,27,30). The molecule has 0 radical (unpaired) electrons. The quantitative estimate of drug-likeness (QED) is 0.344. The lowest BCUT2D eigenvalue weighted by atomic mass is 10.2. The molecule has 0 atom stereocenters. The molecular formula is C24H25Cl2N3O5S2. The van der Waals surface area contributed by atoms with Gasteiger partial charge in [0.15, 0.2) is 0 Å². The maximum Gasteiger partial charge on any atom is 0.261 e. The van der Waals surface area contributed by atoms with Gasteiger partial charge in [-0.3, -0.25) is 13.8 Å². The van der Waals surface area contributed by atoms with Crippen LogP contribution in [0.25, 0.3) is 0 Å². The summed E-state index contributed by atoms with van der Waals surface area (Å²) in [5.74, 6) is -0.325. The van der Waals surface area contributed by atoms with Crippen LogP contribution in [0, 0.1) is 6.92 Å². The molecule has 1 amide bonds. The molecule has 0 saturated carbocycles. The Bertz CT molecular complexity index is 1460. The van der Waals surface area contributed by atoms with Gasteiger partial charge in [-0.15, -0.1) is 0 Å². The molecule has 2 N–H and O–H groups in total. The number of anilines is 3. The fourth-order valence-corrected chi connectivity index (χ4v) is 5.92. The van der Waals surface area contributed by atoms with E-state index in [1.54, 1.807) is 18.2 Å². The minimum absolute atomic E-state index is 0.0199. The van der Waals surface area contributed by atoms with Crippen LogP contribution in [0.1, 0.15) is 18.4 Å². The molecule has 0 bridgehead atoms. The largest absolute Gasteiger partial charge is 0.326 e. The van der Waals surface area contributed by atoms with Crippen LogP contribution >= 0.6 is 23.2 Å². The first-order chi connectivity index (χ1) is 16.8. The maximum absolute atomic E-state index is 12.7. The van der Waals surface area contributed by atoms with Crippen LogP contribution < -0.4 is 14.3 Å². The molecule has 0 aliphatic carbocycles. The molecule has 0 aliphatic rings. The van der Waals surface area contributed by atoms with E-state index in [-0.39, 0.29) is 34.5 Å². The number of aryl methyl sites for hydroxylation is 1. The third-order valence-electron chi connectivity index (χ3n) is 5.08. The molecule has 0 spiro atoms. The number of hydrogen-bond acceptors (Lipinski definition) is 5. The molecule has 0 unspecified atom stereocenters. The number of benzene rings is 3. The van der Waals surface area contributed by atoms with E-state index in [9.17, 15) is 21.6 Å². The Kier molecular flexibility index (Phi) is 8.89. The van der Waals surface area contributed by atoms with Gasteiger partial charge >= 0.3 is 0 Å². The van der Waals surface area contributed by atoms with Crippen molar-refractivity contribution in [3.05, 3.63) is 82.3 Å². The molecule has 192 valence electrons. The van der Waals surface area contributed by atoms with Crippen molar-refractivity contribution in [2.75, 3.05) is 27.1 Å². The second-order valence-corrected chi connectivity index (χ2v) is 12.5. The van der Waals surface area contributed by atoms with Crippen molar-refractivity contribution < 1.29 is 21.6 Å². The van der Waals surface area contributed by atoms with Gasteiger partial charge < -0.3 is 5.32 Å². The number of nitrogens with one attached hydrogen (secondary N) is 2. The average Bonchev–Trinajstić information content (AvgIpc) is 2.78. The van der Waals surface area contributed by atoms with Gasteiger partial charge in [0.1, 0.15) is 0 Å². The molecule has 36 heavy (non-hydrogen) atoms. The van der Waals surface area contributed by atoms with Crippen molar-refractivity contribution in [3.8, 4) is 0 Å². The van der Waals surface area contributed by atoms with Crippen LogP contribution in [0.5, 0.6) is 0 Å². The SMILES string of the molecule is Cc1cccc(N(CCCC(=O)Nc2ccc(S(=O)(=O)Nc3ccc(Cl)cc3Cl)cc2)S(C)(=O)=O)c1. The van der Waals surface area contributed by atoms with Gasteiger partial charge in [0.05, 0.1) is 27.5 Å². The zero-order valence-corrected chi connectivity index (χ0v) is 22.7. The van der Waals surface area contributed by atoms with Gasteiger partial charge in [0.2, 0.25) is 15.9 Å². The van der Waals surface area contributed by atoms with Crippen LogP contribution in [-0.2, 0) is 24.8 Å². The summed E-state index contributed by atoms with van der Waals surface area (Å²) >= 11 is 11.9. The third-order valence-corrected chi connectivity index (χ3v) is 8.20. The summed E-state index contributed by atoms with van der Waals surface area (Å²) in [6, 6.07) is 17.2. The van der Waals surface area contributed by atoms with Crippen molar-refractivity contribution in [2.45, 2.75) is 24.7 Å². The summed E-state index contributed by atoms with van der Waals surface area (Å²) in [6.45, 7) is 2.02. The van der Waals surface area contributed by atoms with E-state index in [1.807, 2.05) is 13.0 Å². The van der Waals surface area contributed by atoms with E-state index >= 15 is 0 Å². The maximum atomic E-state index is 12.7. The van der Waals surface area contributed by atoms with E-state index in [4.69, 9.17) is 23.2 Å². The Labute approximate surface area is 221 Å². The lowest BCUT2D eigenvalue weighted by Gasteiger charge is -2.22. The Morgan fingerprint density at radius 3 is 2.25 bits per heavy atom. The van der Waals surface area contributed by atoms with E-state index in [0.29, 0.717) is 22.8 Å². The molecule has 8 nitrogen and oxygen atoms in total. The Morgan fingerprint density at radius 1 is 0.944 bits per heavy atom. The lowest BCUT2D eigenvalue weighted by Crippen LogP contribution is -2.31. The molecule has 12 heteroatoms. The van der Waals surface area contributed by atoms with Crippen LogP contribution in [0.2, 0.25) is 10.0 Å². The number of carbonyl (C=O) groups excluding carboxylic acids is 1. The molecule has 3 aromatic rings. The molecule has 3 rings (SSSR count).